The van der Waals surface area contributed by atoms with Gasteiger partial charge in [-0.1, -0.05) is 4.85 Å². The molecular formula is C15H9F5N+. The molecule has 0 aliphatic carbocycles. The smallest absolute Gasteiger partial charge is 0.207 e. The molecule has 108 valence electrons. The third-order valence-corrected chi connectivity index (χ3v) is 2.90. The number of hydrogen-bond donors (Lipinski definition) is 0. The Morgan fingerprint density at radius 3 is 2.00 bits per heavy atom. The molecule has 2 aromatic rings. The molecule has 21 heavy (non-hydrogen) atoms. The van der Waals surface area contributed by atoms with Gasteiger partial charge in [-0.05, 0) is 42.5 Å². The van der Waals surface area contributed by atoms with E-state index in [-0.39, 0.29) is 5.56 Å². The van der Waals surface area contributed by atoms with E-state index in [0.717, 1.165) is 24.3 Å². The van der Waals surface area contributed by atoms with Crippen LogP contribution in [0.5, 0.6) is 0 Å². The Labute approximate surface area is 117 Å². The van der Waals surface area contributed by atoms with Crippen molar-refractivity contribution in [3.05, 3.63) is 75.6 Å². The molecule has 2 rings (SSSR count). The third kappa shape index (κ3) is 3.37. The zero-order valence-electron chi connectivity index (χ0n) is 10.5. The van der Waals surface area contributed by atoms with Crippen molar-refractivity contribution in [3.8, 4) is 6.57 Å². The summed E-state index contributed by atoms with van der Waals surface area (Å²) in [6, 6.07) is 5.97. The summed E-state index contributed by atoms with van der Waals surface area (Å²) in [7, 11) is 0. The first kappa shape index (κ1) is 15.0. The van der Waals surface area contributed by atoms with E-state index in [1.807, 2.05) is 0 Å². The Hall–Kier alpha value is -2.42. The van der Waals surface area contributed by atoms with Crippen LogP contribution in [0.1, 0.15) is 22.7 Å². The lowest BCUT2D eigenvalue weighted by atomic mass is 9.97. The van der Waals surface area contributed by atoms with Gasteiger partial charge in [0, 0.05) is 11.1 Å². The molecule has 0 heterocycles. The minimum Gasteiger partial charge on any atom is -0.207 e. The maximum absolute atomic E-state index is 13.4. The molecule has 0 saturated carbocycles. The van der Waals surface area contributed by atoms with Gasteiger partial charge in [-0.15, -0.1) is 0 Å². The molecule has 0 radical (unpaired) electrons. The molecule has 0 spiro atoms. The van der Waals surface area contributed by atoms with Crippen LogP contribution in [0.15, 0.2) is 42.5 Å². The number of alkyl halides is 3. The number of rotatable bonds is 2. The predicted octanol–water partition coefficient (Wildman–Crippen LogP) is 5.04. The second kappa shape index (κ2) is 5.52. The average molecular weight is 298 g/mol. The number of nitrogens with zero attached hydrogens (tertiary/aromatic N) is 1. The molecule has 0 unspecified atom stereocenters. The van der Waals surface area contributed by atoms with Crippen molar-refractivity contribution in [2.45, 2.75) is 12.2 Å². The molecule has 1 nitrogen and oxygen atoms in total. The lowest BCUT2D eigenvalue weighted by Crippen LogP contribution is -2.07. The Morgan fingerprint density at radius 2 is 1.48 bits per heavy atom. The zero-order valence-corrected chi connectivity index (χ0v) is 10.5. The van der Waals surface area contributed by atoms with Crippen LogP contribution in [0.3, 0.4) is 0 Å². The monoisotopic (exact) mass is 298 g/mol. The van der Waals surface area contributed by atoms with Crippen molar-refractivity contribution in [3.63, 3.8) is 0 Å². The van der Waals surface area contributed by atoms with Crippen molar-refractivity contribution in [2.75, 3.05) is 0 Å². The highest BCUT2D eigenvalue weighted by atomic mass is 19.4. The predicted molar refractivity (Wildman–Crippen MR) is 67.9 cm³/mol. The van der Waals surface area contributed by atoms with E-state index in [1.54, 1.807) is 0 Å². The van der Waals surface area contributed by atoms with Crippen molar-refractivity contribution < 1.29 is 22.0 Å². The normalized spacial score (nSPS) is 12.8. The van der Waals surface area contributed by atoms with Crippen LogP contribution in [0.4, 0.5) is 22.0 Å². The molecule has 0 aliphatic heterocycles. The van der Waals surface area contributed by atoms with Gasteiger partial charge in [-0.25, -0.2) is 8.78 Å². The second-order valence-electron chi connectivity index (χ2n) is 4.37. The largest absolute Gasteiger partial charge is 0.416 e. The van der Waals surface area contributed by atoms with Gasteiger partial charge in [-0.3, -0.25) is 0 Å². The Morgan fingerprint density at radius 1 is 0.857 bits per heavy atom. The van der Waals surface area contributed by atoms with E-state index >= 15 is 0 Å². The fraction of sp³-hybridized carbons (Fsp3) is 0.133. The Kier molecular flexibility index (Phi) is 3.94. The Balaban J connectivity index is 2.51. The lowest BCUT2D eigenvalue weighted by molar-refractivity contribution is -0.137. The Bertz CT molecular complexity index is 683. The van der Waals surface area contributed by atoms with Crippen molar-refractivity contribution in [1.29, 1.82) is 0 Å². The van der Waals surface area contributed by atoms with Crippen LogP contribution >= 0.6 is 0 Å². The van der Waals surface area contributed by atoms with E-state index < -0.39 is 29.4 Å². The van der Waals surface area contributed by atoms with E-state index in [4.69, 9.17) is 6.57 Å². The minimum absolute atomic E-state index is 0.0589. The SMILES string of the molecule is C#[N+][C@H](c1ccc(F)cc1)c1cc(F)cc(C(F)(F)F)c1. The number of halogens is 5. The van der Waals surface area contributed by atoms with Gasteiger partial charge in [0.2, 0.25) is 0 Å². The summed E-state index contributed by atoms with van der Waals surface area (Å²) < 4.78 is 64.3. The van der Waals surface area contributed by atoms with Gasteiger partial charge in [0.15, 0.2) is 0 Å². The summed E-state index contributed by atoms with van der Waals surface area (Å²) in [5.74, 6) is -1.56. The van der Waals surface area contributed by atoms with Crippen molar-refractivity contribution in [2.24, 2.45) is 0 Å². The van der Waals surface area contributed by atoms with Crippen LogP contribution in [-0.4, -0.2) is 0 Å². The van der Waals surface area contributed by atoms with E-state index in [1.165, 1.54) is 12.1 Å². The lowest BCUT2D eigenvalue weighted by Gasteiger charge is -2.09. The zero-order chi connectivity index (χ0) is 15.6. The summed E-state index contributed by atoms with van der Waals surface area (Å²) in [5.41, 5.74) is -0.831. The first-order valence-corrected chi connectivity index (χ1v) is 5.84. The molecule has 0 amide bonds. The first-order chi connectivity index (χ1) is 9.81. The highest BCUT2D eigenvalue weighted by Gasteiger charge is 2.33. The van der Waals surface area contributed by atoms with Gasteiger partial charge in [-0.2, -0.15) is 13.2 Å². The van der Waals surface area contributed by atoms with Crippen molar-refractivity contribution >= 4 is 0 Å². The minimum atomic E-state index is -4.68. The molecule has 0 N–H and O–H groups in total. The molecule has 1 atom stereocenters. The molecule has 0 bridgehead atoms. The van der Waals surface area contributed by atoms with Gasteiger partial charge in [0.05, 0.1) is 5.56 Å². The molecular weight excluding hydrogens is 289 g/mol. The quantitative estimate of drug-likeness (QED) is 0.684. The van der Waals surface area contributed by atoms with Crippen LogP contribution in [0, 0.1) is 18.2 Å². The summed E-state index contributed by atoms with van der Waals surface area (Å²) in [6.45, 7) is 5.21. The van der Waals surface area contributed by atoms with Gasteiger partial charge >= 0.3 is 12.2 Å². The highest BCUT2D eigenvalue weighted by molar-refractivity contribution is 5.38. The van der Waals surface area contributed by atoms with Crippen LogP contribution in [0.25, 0.3) is 4.85 Å². The van der Waals surface area contributed by atoms with Crippen molar-refractivity contribution in [1.82, 2.24) is 0 Å². The molecule has 0 saturated heterocycles. The van der Waals surface area contributed by atoms with Gasteiger partial charge in [0.25, 0.3) is 6.57 Å². The molecule has 6 heteroatoms. The van der Waals surface area contributed by atoms with Gasteiger partial charge in [0.1, 0.15) is 11.6 Å². The maximum Gasteiger partial charge on any atom is 0.416 e. The maximum atomic E-state index is 13.4. The molecule has 2 aromatic carbocycles. The standard InChI is InChI=1S/C15H9F5N/c1-21-14(9-2-4-12(16)5-3-9)10-6-11(15(18,19)20)8-13(17)7-10/h1-8,14H/q+1/t14-/m1/s1. The van der Waals surface area contributed by atoms with Crippen LogP contribution in [0.2, 0.25) is 0 Å². The van der Waals surface area contributed by atoms with E-state index in [9.17, 15) is 22.0 Å². The highest BCUT2D eigenvalue weighted by Crippen LogP contribution is 2.34. The summed E-state index contributed by atoms with van der Waals surface area (Å²) in [6.07, 6.45) is -4.68. The molecule has 0 aliphatic rings. The summed E-state index contributed by atoms with van der Waals surface area (Å²) >= 11 is 0. The average Bonchev–Trinajstić information content (AvgIpc) is 2.40. The van der Waals surface area contributed by atoms with Gasteiger partial charge < -0.3 is 0 Å². The second-order valence-corrected chi connectivity index (χ2v) is 4.37. The van der Waals surface area contributed by atoms with E-state index in [2.05, 4.69) is 4.85 Å². The first-order valence-electron chi connectivity index (χ1n) is 5.84. The number of hydrogen-bond acceptors (Lipinski definition) is 0. The topological polar surface area (TPSA) is 4.36 Å². The fourth-order valence-corrected chi connectivity index (χ4v) is 1.94. The third-order valence-electron chi connectivity index (χ3n) is 2.90. The molecule has 0 aromatic heterocycles. The van der Waals surface area contributed by atoms with Crippen LogP contribution in [-0.2, 0) is 6.18 Å². The van der Waals surface area contributed by atoms with Crippen LogP contribution < -0.4 is 0 Å². The molecule has 0 fully saturated rings. The fourth-order valence-electron chi connectivity index (χ4n) is 1.94. The number of benzene rings is 2. The summed E-state index contributed by atoms with van der Waals surface area (Å²) in [4.78, 5) is 3.47. The van der Waals surface area contributed by atoms with E-state index in [0.29, 0.717) is 11.6 Å². The summed E-state index contributed by atoms with van der Waals surface area (Å²) in [5, 5.41) is 0.